The van der Waals surface area contributed by atoms with Crippen LogP contribution in [0.1, 0.15) is 11.5 Å². The first-order valence-corrected chi connectivity index (χ1v) is 7.56. The van der Waals surface area contributed by atoms with E-state index in [1.807, 2.05) is 63.4 Å². The fraction of sp³-hybridized carbons (Fsp3) is 0.211. The second kappa shape index (κ2) is 6.16. The lowest BCUT2D eigenvalue weighted by atomic mass is 10.2. The number of rotatable bonds is 4. The van der Waals surface area contributed by atoms with Gasteiger partial charge in [0.25, 0.3) is 0 Å². The summed E-state index contributed by atoms with van der Waals surface area (Å²) in [6.45, 7) is 0. The van der Waals surface area contributed by atoms with E-state index in [9.17, 15) is 0 Å². The molecule has 0 aliphatic rings. The van der Waals surface area contributed by atoms with Crippen molar-refractivity contribution in [3.63, 3.8) is 0 Å². The lowest BCUT2D eigenvalue weighted by Crippen LogP contribution is -2.07. The van der Waals surface area contributed by atoms with Crippen molar-refractivity contribution < 1.29 is 4.42 Å². The van der Waals surface area contributed by atoms with Gasteiger partial charge in [-0.15, -0.1) is 0 Å². The quantitative estimate of drug-likeness (QED) is 0.725. The minimum Gasteiger partial charge on any atom is -0.437 e. The molecule has 2 aromatic carbocycles. The molecule has 0 N–H and O–H groups in total. The van der Waals surface area contributed by atoms with E-state index in [0.717, 1.165) is 22.4 Å². The molecule has 0 saturated carbocycles. The predicted octanol–water partition coefficient (Wildman–Crippen LogP) is 4.13. The molecular formula is C19H21N3O. The Labute approximate surface area is 136 Å². The lowest BCUT2D eigenvalue weighted by Gasteiger charge is -2.11. The predicted molar refractivity (Wildman–Crippen MR) is 98.0 cm³/mol. The highest BCUT2D eigenvalue weighted by molar-refractivity contribution is 5.79. The molecule has 1 aromatic heterocycles. The summed E-state index contributed by atoms with van der Waals surface area (Å²) in [5.41, 5.74) is 5.08. The number of nitrogens with zero attached hydrogens (tertiary/aromatic N) is 3. The highest BCUT2D eigenvalue weighted by atomic mass is 16.3. The zero-order valence-corrected chi connectivity index (χ0v) is 13.9. The van der Waals surface area contributed by atoms with E-state index in [-0.39, 0.29) is 0 Å². The van der Waals surface area contributed by atoms with Crippen molar-refractivity contribution in [3.05, 3.63) is 53.9 Å². The molecule has 0 amide bonds. The Morgan fingerprint density at radius 2 is 1.48 bits per heavy atom. The molecule has 0 bridgehead atoms. The van der Waals surface area contributed by atoms with E-state index >= 15 is 0 Å². The summed E-state index contributed by atoms with van der Waals surface area (Å²) in [7, 11) is 8.09. The van der Waals surface area contributed by atoms with Crippen molar-refractivity contribution in [2.45, 2.75) is 0 Å². The third-order valence-electron chi connectivity index (χ3n) is 3.73. The van der Waals surface area contributed by atoms with Crippen LogP contribution in [0.3, 0.4) is 0 Å². The summed E-state index contributed by atoms with van der Waals surface area (Å²) in [6, 6.07) is 14.4. The highest BCUT2D eigenvalue weighted by Gasteiger charge is 2.05. The van der Waals surface area contributed by atoms with Crippen LogP contribution in [0, 0.1) is 0 Å². The van der Waals surface area contributed by atoms with Gasteiger partial charge in [0.15, 0.2) is 5.58 Å². The van der Waals surface area contributed by atoms with Crippen LogP contribution in [0.2, 0.25) is 0 Å². The molecule has 0 aliphatic carbocycles. The number of benzene rings is 2. The first-order valence-electron chi connectivity index (χ1n) is 7.56. The zero-order valence-electron chi connectivity index (χ0n) is 13.9. The largest absolute Gasteiger partial charge is 0.437 e. The van der Waals surface area contributed by atoms with Crippen LogP contribution in [0.4, 0.5) is 11.4 Å². The lowest BCUT2D eigenvalue weighted by molar-refractivity contribution is 0.589. The van der Waals surface area contributed by atoms with Gasteiger partial charge in [-0.25, -0.2) is 4.98 Å². The maximum atomic E-state index is 5.81. The Morgan fingerprint density at radius 3 is 2.13 bits per heavy atom. The van der Waals surface area contributed by atoms with Gasteiger partial charge in [0.2, 0.25) is 5.89 Å². The first kappa shape index (κ1) is 15.2. The van der Waals surface area contributed by atoms with Gasteiger partial charge in [-0.1, -0.05) is 12.1 Å². The molecular weight excluding hydrogens is 286 g/mol. The van der Waals surface area contributed by atoms with Crippen LogP contribution in [-0.4, -0.2) is 33.2 Å². The monoisotopic (exact) mass is 307 g/mol. The fourth-order valence-electron chi connectivity index (χ4n) is 2.33. The molecule has 118 valence electrons. The minimum absolute atomic E-state index is 0.618. The molecule has 0 unspecified atom stereocenters. The van der Waals surface area contributed by atoms with E-state index in [4.69, 9.17) is 4.42 Å². The molecule has 0 atom stereocenters. The number of oxazole rings is 1. The number of hydrogen-bond donors (Lipinski definition) is 0. The Balaban J connectivity index is 1.83. The standard InChI is InChI=1S/C19H21N3O/c1-21(2)15-8-5-14(6-9-15)7-12-19-20-17-11-10-16(22(3)4)13-18(17)23-19/h5-13H,1-4H3/b12-7+. The molecule has 0 aliphatic heterocycles. The summed E-state index contributed by atoms with van der Waals surface area (Å²) in [4.78, 5) is 8.62. The van der Waals surface area contributed by atoms with Crippen LogP contribution in [-0.2, 0) is 0 Å². The van der Waals surface area contributed by atoms with Crippen molar-refractivity contribution >= 4 is 34.6 Å². The molecule has 0 radical (unpaired) electrons. The summed E-state index contributed by atoms with van der Waals surface area (Å²) in [5, 5.41) is 0. The normalized spacial score (nSPS) is 11.3. The molecule has 1 heterocycles. The maximum absolute atomic E-state index is 5.81. The summed E-state index contributed by atoms with van der Waals surface area (Å²) < 4.78 is 5.81. The summed E-state index contributed by atoms with van der Waals surface area (Å²) in [6.07, 6.45) is 3.91. The van der Waals surface area contributed by atoms with E-state index < -0.39 is 0 Å². The Hall–Kier alpha value is -2.75. The zero-order chi connectivity index (χ0) is 16.4. The average Bonchev–Trinajstić information content (AvgIpc) is 2.95. The van der Waals surface area contributed by atoms with Gasteiger partial charge >= 0.3 is 0 Å². The average molecular weight is 307 g/mol. The van der Waals surface area contributed by atoms with Gasteiger partial charge in [0, 0.05) is 51.7 Å². The first-order chi connectivity index (χ1) is 11.0. The minimum atomic E-state index is 0.618. The van der Waals surface area contributed by atoms with Crippen molar-refractivity contribution in [2.24, 2.45) is 0 Å². The third-order valence-corrected chi connectivity index (χ3v) is 3.73. The van der Waals surface area contributed by atoms with Gasteiger partial charge in [0.1, 0.15) is 5.52 Å². The molecule has 0 saturated heterocycles. The van der Waals surface area contributed by atoms with Crippen molar-refractivity contribution in [3.8, 4) is 0 Å². The highest BCUT2D eigenvalue weighted by Crippen LogP contribution is 2.22. The molecule has 23 heavy (non-hydrogen) atoms. The van der Waals surface area contributed by atoms with Gasteiger partial charge in [-0.05, 0) is 35.9 Å². The van der Waals surface area contributed by atoms with Crippen LogP contribution < -0.4 is 9.80 Å². The SMILES string of the molecule is CN(C)c1ccc(/C=C/c2nc3ccc(N(C)C)cc3o2)cc1. The maximum Gasteiger partial charge on any atom is 0.220 e. The molecule has 4 nitrogen and oxygen atoms in total. The van der Waals surface area contributed by atoms with Gasteiger partial charge in [0.05, 0.1) is 0 Å². The Morgan fingerprint density at radius 1 is 0.826 bits per heavy atom. The van der Waals surface area contributed by atoms with Crippen LogP contribution in [0.15, 0.2) is 46.9 Å². The molecule has 0 spiro atoms. The third kappa shape index (κ3) is 3.37. The molecule has 3 rings (SSSR count). The second-order valence-electron chi connectivity index (χ2n) is 5.92. The molecule has 0 fully saturated rings. The van der Waals surface area contributed by atoms with Crippen molar-refractivity contribution in [1.82, 2.24) is 4.98 Å². The Kier molecular flexibility index (Phi) is 4.06. The van der Waals surface area contributed by atoms with Crippen molar-refractivity contribution in [1.29, 1.82) is 0 Å². The van der Waals surface area contributed by atoms with Crippen LogP contribution in [0.5, 0.6) is 0 Å². The fourth-order valence-corrected chi connectivity index (χ4v) is 2.33. The molecule has 3 aromatic rings. The molecule has 4 heteroatoms. The number of fused-ring (bicyclic) bond motifs is 1. The summed E-state index contributed by atoms with van der Waals surface area (Å²) in [5.74, 6) is 0.618. The van der Waals surface area contributed by atoms with E-state index in [2.05, 4.69) is 34.1 Å². The number of aromatic nitrogens is 1. The van der Waals surface area contributed by atoms with Crippen molar-refractivity contribution in [2.75, 3.05) is 38.0 Å². The number of hydrogen-bond acceptors (Lipinski definition) is 4. The van der Waals surface area contributed by atoms with E-state index in [1.54, 1.807) is 0 Å². The second-order valence-corrected chi connectivity index (χ2v) is 5.92. The van der Waals surface area contributed by atoms with Gasteiger partial charge in [-0.2, -0.15) is 0 Å². The Bertz CT molecular complexity index is 829. The van der Waals surface area contributed by atoms with Gasteiger partial charge < -0.3 is 14.2 Å². The topological polar surface area (TPSA) is 32.5 Å². The van der Waals surface area contributed by atoms with Crippen LogP contribution >= 0.6 is 0 Å². The smallest absolute Gasteiger partial charge is 0.220 e. The van der Waals surface area contributed by atoms with Gasteiger partial charge in [-0.3, -0.25) is 0 Å². The summed E-state index contributed by atoms with van der Waals surface area (Å²) >= 11 is 0. The van der Waals surface area contributed by atoms with Crippen LogP contribution in [0.25, 0.3) is 23.3 Å². The number of anilines is 2. The van der Waals surface area contributed by atoms with E-state index in [1.165, 1.54) is 5.69 Å². The van der Waals surface area contributed by atoms with E-state index in [0.29, 0.717) is 5.89 Å².